The summed E-state index contributed by atoms with van der Waals surface area (Å²) in [5, 5.41) is 3.78. The predicted octanol–water partition coefficient (Wildman–Crippen LogP) is 3.98. The predicted molar refractivity (Wildman–Crippen MR) is 68.1 cm³/mol. The summed E-state index contributed by atoms with van der Waals surface area (Å²) in [7, 11) is 0. The van der Waals surface area contributed by atoms with E-state index in [9.17, 15) is 0 Å². The van der Waals surface area contributed by atoms with Crippen molar-refractivity contribution in [3.05, 3.63) is 0 Å². The van der Waals surface area contributed by atoms with Crippen LogP contribution in [0.3, 0.4) is 0 Å². The van der Waals surface area contributed by atoms with Crippen molar-refractivity contribution in [3.8, 4) is 0 Å². The molecule has 0 amide bonds. The molecule has 2 atom stereocenters. The summed E-state index contributed by atoms with van der Waals surface area (Å²) in [6.07, 6.45) is 9.77. The van der Waals surface area contributed by atoms with Crippen LogP contribution in [0, 0.1) is 11.8 Å². The van der Waals surface area contributed by atoms with Gasteiger partial charge in [-0.1, -0.05) is 46.5 Å². The molecular formula is C14H29N. The lowest BCUT2D eigenvalue weighted by Crippen LogP contribution is -2.32. The first kappa shape index (κ1) is 13.0. The van der Waals surface area contributed by atoms with E-state index < -0.39 is 0 Å². The van der Waals surface area contributed by atoms with Crippen molar-refractivity contribution in [2.45, 2.75) is 71.8 Å². The Kier molecular flexibility index (Phi) is 6.31. The van der Waals surface area contributed by atoms with Gasteiger partial charge in [-0.25, -0.2) is 0 Å². The van der Waals surface area contributed by atoms with Crippen LogP contribution in [-0.2, 0) is 0 Å². The van der Waals surface area contributed by atoms with E-state index in [2.05, 4.69) is 26.1 Å². The molecular weight excluding hydrogens is 182 g/mol. The SMILES string of the molecule is CCC(CC)CNC1CCCC(C)CC1. The Bertz CT molecular complexity index is 151. The molecule has 0 saturated heterocycles. The number of hydrogen-bond donors (Lipinski definition) is 1. The van der Waals surface area contributed by atoms with Crippen LogP contribution in [0.1, 0.15) is 65.7 Å². The van der Waals surface area contributed by atoms with Crippen LogP contribution in [0.2, 0.25) is 0 Å². The van der Waals surface area contributed by atoms with Crippen LogP contribution in [0.5, 0.6) is 0 Å². The molecule has 2 unspecified atom stereocenters. The first-order valence-corrected chi connectivity index (χ1v) is 6.99. The van der Waals surface area contributed by atoms with Crippen molar-refractivity contribution in [1.29, 1.82) is 0 Å². The largest absolute Gasteiger partial charge is 0.314 e. The Labute approximate surface area is 96.0 Å². The molecule has 0 aromatic carbocycles. The molecule has 1 N–H and O–H groups in total. The molecule has 1 aliphatic carbocycles. The summed E-state index contributed by atoms with van der Waals surface area (Å²) in [5.41, 5.74) is 0. The molecule has 1 rings (SSSR count). The number of rotatable bonds is 5. The molecule has 1 fully saturated rings. The summed E-state index contributed by atoms with van der Waals surface area (Å²) in [6, 6.07) is 0.815. The molecule has 0 spiro atoms. The average molecular weight is 211 g/mol. The maximum Gasteiger partial charge on any atom is 0.00672 e. The third-order valence-corrected chi connectivity index (χ3v) is 4.11. The lowest BCUT2D eigenvalue weighted by atomic mass is 10.0. The Morgan fingerprint density at radius 3 is 2.47 bits per heavy atom. The summed E-state index contributed by atoms with van der Waals surface area (Å²) in [4.78, 5) is 0. The minimum atomic E-state index is 0.815. The van der Waals surface area contributed by atoms with Crippen LogP contribution >= 0.6 is 0 Å². The van der Waals surface area contributed by atoms with E-state index in [1.54, 1.807) is 0 Å². The van der Waals surface area contributed by atoms with Gasteiger partial charge in [0.05, 0.1) is 0 Å². The second-order valence-electron chi connectivity index (χ2n) is 5.40. The topological polar surface area (TPSA) is 12.0 Å². The molecule has 0 heterocycles. The normalized spacial score (nSPS) is 28.0. The van der Waals surface area contributed by atoms with Gasteiger partial charge in [-0.05, 0) is 37.6 Å². The number of hydrogen-bond acceptors (Lipinski definition) is 1. The van der Waals surface area contributed by atoms with Gasteiger partial charge in [0.1, 0.15) is 0 Å². The zero-order chi connectivity index (χ0) is 11.1. The van der Waals surface area contributed by atoms with Crippen molar-refractivity contribution < 1.29 is 0 Å². The maximum atomic E-state index is 3.78. The fraction of sp³-hybridized carbons (Fsp3) is 1.00. The molecule has 0 aromatic heterocycles. The van der Waals surface area contributed by atoms with Crippen molar-refractivity contribution in [2.75, 3.05) is 6.54 Å². The lowest BCUT2D eigenvalue weighted by Gasteiger charge is -2.20. The third kappa shape index (κ3) is 5.01. The Balaban J connectivity index is 2.19. The minimum absolute atomic E-state index is 0.815. The van der Waals surface area contributed by atoms with E-state index in [1.165, 1.54) is 51.5 Å². The van der Waals surface area contributed by atoms with E-state index in [0.717, 1.165) is 17.9 Å². The third-order valence-electron chi connectivity index (χ3n) is 4.11. The molecule has 1 nitrogen and oxygen atoms in total. The van der Waals surface area contributed by atoms with Gasteiger partial charge in [-0.2, -0.15) is 0 Å². The lowest BCUT2D eigenvalue weighted by molar-refractivity contribution is 0.382. The molecule has 0 aliphatic heterocycles. The van der Waals surface area contributed by atoms with Crippen LogP contribution in [0.25, 0.3) is 0 Å². The molecule has 0 bridgehead atoms. The second-order valence-corrected chi connectivity index (χ2v) is 5.40. The standard InChI is InChI=1S/C14H29N/c1-4-13(5-2)11-15-14-8-6-7-12(3)9-10-14/h12-15H,4-11H2,1-3H3. The second kappa shape index (κ2) is 7.27. The van der Waals surface area contributed by atoms with E-state index in [-0.39, 0.29) is 0 Å². The maximum absolute atomic E-state index is 3.78. The minimum Gasteiger partial charge on any atom is -0.314 e. The monoisotopic (exact) mass is 211 g/mol. The van der Waals surface area contributed by atoms with Gasteiger partial charge in [-0.3, -0.25) is 0 Å². The van der Waals surface area contributed by atoms with Gasteiger partial charge in [0.15, 0.2) is 0 Å². The molecule has 1 heteroatoms. The van der Waals surface area contributed by atoms with Gasteiger partial charge in [-0.15, -0.1) is 0 Å². The van der Waals surface area contributed by atoms with Crippen molar-refractivity contribution in [1.82, 2.24) is 5.32 Å². The molecule has 90 valence electrons. The first-order chi connectivity index (χ1) is 7.26. The zero-order valence-corrected chi connectivity index (χ0v) is 10.9. The highest BCUT2D eigenvalue weighted by Crippen LogP contribution is 2.22. The van der Waals surface area contributed by atoms with Crippen molar-refractivity contribution in [2.24, 2.45) is 11.8 Å². The van der Waals surface area contributed by atoms with E-state index >= 15 is 0 Å². The zero-order valence-electron chi connectivity index (χ0n) is 10.9. The van der Waals surface area contributed by atoms with Crippen molar-refractivity contribution in [3.63, 3.8) is 0 Å². The summed E-state index contributed by atoms with van der Waals surface area (Å²) < 4.78 is 0. The molecule has 15 heavy (non-hydrogen) atoms. The highest BCUT2D eigenvalue weighted by Gasteiger charge is 2.16. The summed E-state index contributed by atoms with van der Waals surface area (Å²) in [5.74, 6) is 1.86. The number of nitrogens with one attached hydrogen (secondary N) is 1. The van der Waals surface area contributed by atoms with E-state index in [4.69, 9.17) is 0 Å². The van der Waals surface area contributed by atoms with Crippen LogP contribution in [-0.4, -0.2) is 12.6 Å². The van der Waals surface area contributed by atoms with Gasteiger partial charge in [0.25, 0.3) is 0 Å². The van der Waals surface area contributed by atoms with Crippen molar-refractivity contribution >= 4 is 0 Å². The van der Waals surface area contributed by atoms with Gasteiger partial charge >= 0.3 is 0 Å². The van der Waals surface area contributed by atoms with Crippen LogP contribution < -0.4 is 5.32 Å². The quantitative estimate of drug-likeness (QED) is 0.678. The van der Waals surface area contributed by atoms with Gasteiger partial charge < -0.3 is 5.32 Å². The smallest absolute Gasteiger partial charge is 0.00672 e. The van der Waals surface area contributed by atoms with Crippen LogP contribution in [0.4, 0.5) is 0 Å². The highest BCUT2D eigenvalue weighted by atomic mass is 14.9. The Morgan fingerprint density at radius 2 is 1.80 bits per heavy atom. The fourth-order valence-electron chi connectivity index (χ4n) is 2.60. The molecule has 1 aliphatic rings. The highest BCUT2D eigenvalue weighted by molar-refractivity contribution is 4.74. The molecule has 0 radical (unpaired) electrons. The van der Waals surface area contributed by atoms with Crippen LogP contribution in [0.15, 0.2) is 0 Å². The average Bonchev–Trinajstić information content (AvgIpc) is 2.45. The fourth-order valence-corrected chi connectivity index (χ4v) is 2.60. The van der Waals surface area contributed by atoms with E-state index in [1.807, 2.05) is 0 Å². The van der Waals surface area contributed by atoms with Gasteiger partial charge in [0.2, 0.25) is 0 Å². The van der Waals surface area contributed by atoms with E-state index in [0.29, 0.717) is 0 Å². The first-order valence-electron chi connectivity index (χ1n) is 6.99. The molecule has 0 aromatic rings. The summed E-state index contributed by atoms with van der Waals surface area (Å²) in [6.45, 7) is 8.27. The Hall–Kier alpha value is -0.0400. The van der Waals surface area contributed by atoms with Gasteiger partial charge in [0, 0.05) is 6.04 Å². The summed E-state index contributed by atoms with van der Waals surface area (Å²) >= 11 is 0. The Morgan fingerprint density at radius 1 is 1.07 bits per heavy atom. The molecule has 1 saturated carbocycles.